The maximum absolute atomic E-state index is 11.4. The number of carbonyl (C=O) groups excluding carboxylic acids is 1. The van der Waals surface area contributed by atoms with Crippen LogP contribution in [0.5, 0.6) is 0 Å². The molecule has 0 amide bonds. The zero-order chi connectivity index (χ0) is 12.0. The van der Waals surface area contributed by atoms with E-state index in [1.54, 1.807) is 6.08 Å². The van der Waals surface area contributed by atoms with Crippen LogP contribution in [0, 0.1) is 5.92 Å². The molecule has 0 bridgehead atoms. The fourth-order valence-electron chi connectivity index (χ4n) is 1.65. The van der Waals surface area contributed by atoms with E-state index < -0.39 is 6.10 Å². The minimum atomic E-state index is -0.647. The molecular formula is C12H17BrO3. The van der Waals surface area contributed by atoms with E-state index >= 15 is 0 Å². The van der Waals surface area contributed by atoms with E-state index in [0.29, 0.717) is 6.42 Å². The van der Waals surface area contributed by atoms with E-state index in [1.807, 2.05) is 6.08 Å². The van der Waals surface area contributed by atoms with Crippen LogP contribution in [0.1, 0.15) is 25.7 Å². The molecule has 1 rings (SSSR count). The minimum Gasteiger partial charge on any atom is -0.396 e. The number of hydrogen-bond donors (Lipinski definition) is 2. The second kappa shape index (κ2) is 6.99. The molecule has 2 N–H and O–H groups in total. The number of halogens is 1. The molecule has 1 aliphatic rings. The fraction of sp³-hybridized carbons (Fsp3) is 0.583. The molecule has 0 spiro atoms. The van der Waals surface area contributed by atoms with Crippen LogP contribution in [0.3, 0.4) is 0 Å². The molecule has 1 aliphatic carbocycles. The van der Waals surface area contributed by atoms with E-state index in [-0.39, 0.29) is 18.3 Å². The molecule has 0 aromatic heterocycles. The lowest BCUT2D eigenvalue weighted by molar-refractivity contribution is -0.119. The van der Waals surface area contributed by atoms with Gasteiger partial charge in [-0.15, -0.1) is 0 Å². The van der Waals surface area contributed by atoms with Gasteiger partial charge in [0.15, 0.2) is 5.78 Å². The number of unbranched alkanes of at least 4 members (excludes halogenated alkanes) is 2. The number of ketones is 1. The molecule has 0 saturated heterocycles. The molecule has 2 unspecified atom stereocenters. The highest BCUT2D eigenvalue weighted by molar-refractivity contribution is 9.11. The summed E-state index contributed by atoms with van der Waals surface area (Å²) in [6.07, 6.45) is 7.51. The molecule has 4 heteroatoms. The second-order valence-electron chi connectivity index (χ2n) is 3.93. The van der Waals surface area contributed by atoms with Crippen molar-refractivity contribution in [1.82, 2.24) is 0 Å². The van der Waals surface area contributed by atoms with Crippen LogP contribution in [-0.4, -0.2) is 28.7 Å². The second-order valence-corrected chi connectivity index (χ2v) is 4.95. The van der Waals surface area contributed by atoms with Gasteiger partial charge in [-0.3, -0.25) is 4.79 Å². The number of aliphatic hydroxyl groups excluding tert-OH is 2. The monoisotopic (exact) mass is 288 g/mol. The first-order valence-electron chi connectivity index (χ1n) is 5.50. The summed E-state index contributed by atoms with van der Waals surface area (Å²) in [5, 5.41) is 18.1. The lowest BCUT2D eigenvalue weighted by Gasteiger charge is -2.12. The van der Waals surface area contributed by atoms with Crippen LogP contribution < -0.4 is 0 Å². The van der Waals surface area contributed by atoms with Crippen LogP contribution >= 0.6 is 15.9 Å². The molecule has 0 aromatic carbocycles. The van der Waals surface area contributed by atoms with E-state index in [1.165, 1.54) is 6.08 Å². The normalized spacial score (nSPS) is 25.4. The van der Waals surface area contributed by atoms with Crippen LogP contribution in [0.2, 0.25) is 0 Å². The van der Waals surface area contributed by atoms with E-state index in [9.17, 15) is 9.90 Å². The van der Waals surface area contributed by atoms with E-state index in [4.69, 9.17) is 5.11 Å². The number of carbonyl (C=O) groups is 1. The molecule has 0 aliphatic heterocycles. The van der Waals surface area contributed by atoms with Gasteiger partial charge in [0.2, 0.25) is 0 Å². The Morgan fingerprint density at radius 3 is 2.81 bits per heavy atom. The summed E-state index contributed by atoms with van der Waals surface area (Å²) in [7, 11) is 0. The summed E-state index contributed by atoms with van der Waals surface area (Å²) in [6, 6.07) is 0. The largest absolute Gasteiger partial charge is 0.396 e. The fourth-order valence-corrected chi connectivity index (χ4v) is 2.23. The van der Waals surface area contributed by atoms with Crippen molar-refractivity contribution in [2.24, 2.45) is 5.92 Å². The van der Waals surface area contributed by atoms with Gasteiger partial charge in [-0.2, -0.15) is 0 Å². The molecule has 90 valence electrons. The highest BCUT2D eigenvalue weighted by atomic mass is 79.9. The number of aliphatic hydroxyl groups is 2. The van der Waals surface area contributed by atoms with Crippen LogP contribution in [0.25, 0.3) is 0 Å². The van der Waals surface area contributed by atoms with Crippen LogP contribution in [0.4, 0.5) is 0 Å². The van der Waals surface area contributed by atoms with Crippen molar-refractivity contribution < 1.29 is 15.0 Å². The molecule has 0 saturated carbocycles. The Hall–Kier alpha value is -0.450. The average Bonchev–Trinajstić information content (AvgIpc) is 2.56. The summed E-state index contributed by atoms with van der Waals surface area (Å²) in [6.45, 7) is 0.217. The van der Waals surface area contributed by atoms with Crippen molar-refractivity contribution in [2.75, 3.05) is 6.61 Å². The van der Waals surface area contributed by atoms with Crippen LogP contribution in [0.15, 0.2) is 22.7 Å². The molecular weight excluding hydrogens is 272 g/mol. The smallest absolute Gasteiger partial charge is 0.161 e. The predicted molar refractivity (Wildman–Crippen MR) is 66.2 cm³/mol. The Bertz CT molecular complexity index is 297. The summed E-state index contributed by atoms with van der Waals surface area (Å²) >= 11 is 3.40. The van der Waals surface area contributed by atoms with Crippen molar-refractivity contribution in [3.05, 3.63) is 22.7 Å². The third-order valence-corrected chi connectivity index (χ3v) is 3.28. The summed E-state index contributed by atoms with van der Waals surface area (Å²) in [4.78, 5) is 11.4. The van der Waals surface area contributed by atoms with Gasteiger partial charge in [0, 0.05) is 6.61 Å². The third-order valence-electron chi connectivity index (χ3n) is 2.63. The zero-order valence-corrected chi connectivity index (χ0v) is 10.7. The van der Waals surface area contributed by atoms with Gasteiger partial charge in [-0.25, -0.2) is 0 Å². The summed E-state index contributed by atoms with van der Waals surface area (Å²) in [5.74, 6) is -0.336. The highest BCUT2D eigenvalue weighted by Crippen LogP contribution is 2.26. The quantitative estimate of drug-likeness (QED) is 0.735. The predicted octanol–water partition coefficient (Wildman–Crippen LogP) is 1.93. The Morgan fingerprint density at radius 1 is 1.50 bits per heavy atom. The van der Waals surface area contributed by atoms with Gasteiger partial charge in [-0.1, -0.05) is 28.1 Å². The van der Waals surface area contributed by atoms with Gasteiger partial charge in [-0.05, 0) is 36.2 Å². The highest BCUT2D eigenvalue weighted by Gasteiger charge is 2.28. The Balaban J connectivity index is 2.33. The van der Waals surface area contributed by atoms with E-state index in [0.717, 1.165) is 23.7 Å². The van der Waals surface area contributed by atoms with Gasteiger partial charge in [0.1, 0.15) is 0 Å². The Labute approximate surface area is 104 Å². The Morgan fingerprint density at radius 2 is 2.25 bits per heavy atom. The summed E-state index contributed by atoms with van der Waals surface area (Å²) in [5.41, 5.74) is 0. The maximum atomic E-state index is 11.4. The molecule has 0 heterocycles. The lowest BCUT2D eigenvalue weighted by Crippen LogP contribution is -2.19. The van der Waals surface area contributed by atoms with Gasteiger partial charge >= 0.3 is 0 Å². The third kappa shape index (κ3) is 4.20. The lowest BCUT2D eigenvalue weighted by atomic mass is 9.99. The number of hydrogen-bond acceptors (Lipinski definition) is 3. The minimum absolute atomic E-state index is 0.00629. The van der Waals surface area contributed by atoms with Crippen molar-refractivity contribution in [3.8, 4) is 0 Å². The van der Waals surface area contributed by atoms with Gasteiger partial charge in [0.05, 0.1) is 12.0 Å². The Kier molecular flexibility index (Phi) is 5.95. The standard InChI is InChI=1S/C12H17BrO3/c13-9(4-2-1-3-7-14)8-10-11(15)5-6-12(10)16/h4-6,10-11,14-15H,1-3,7-8H2/b9-4-. The van der Waals surface area contributed by atoms with Crippen molar-refractivity contribution >= 4 is 21.7 Å². The van der Waals surface area contributed by atoms with E-state index in [2.05, 4.69) is 15.9 Å². The topological polar surface area (TPSA) is 57.5 Å². The summed E-state index contributed by atoms with van der Waals surface area (Å²) < 4.78 is 0.950. The molecule has 0 aromatic rings. The first kappa shape index (κ1) is 13.6. The first-order valence-corrected chi connectivity index (χ1v) is 6.30. The SMILES string of the molecule is O=C1C=CC(O)C1C/C(Br)=C/CCCCO. The zero-order valence-electron chi connectivity index (χ0n) is 9.10. The van der Waals surface area contributed by atoms with Gasteiger partial charge in [0.25, 0.3) is 0 Å². The molecule has 2 atom stereocenters. The van der Waals surface area contributed by atoms with Crippen molar-refractivity contribution in [3.63, 3.8) is 0 Å². The number of rotatable bonds is 6. The maximum Gasteiger partial charge on any atom is 0.161 e. The van der Waals surface area contributed by atoms with Crippen LogP contribution in [-0.2, 0) is 4.79 Å². The molecule has 0 radical (unpaired) electrons. The van der Waals surface area contributed by atoms with Crippen molar-refractivity contribution in [1.29, 1.82) is 0 Å². The van der Waals surface area contributed by atoms with Gasteiger partial charge < -0.3 is 10.2 Å². The molecule has 0 fully saturated rings. The number of allylic oxidation sites excluding steroid dienone is 3. The molecule has 3 nitrogen and oxygen atoms in total. The molecule has 16 heavy (non-hydrogen) atoms. The average molecular weight is 289 g/mol. The first-order chi connectivity index (χ1) is 7.65. The van der Waals surface area contributed by atoms with Crippen molar-refractivity contribution in [2.45, 2.75) is 31.8 Å².